The highest BCUT2D eigenvalue weighted by atomic mass is 16.4. The molecule has 5 nitrogen and oxygen atoms in total. The number of nitrogens with zero attached hydrogens (tertiary/aromatic N) is 2. The summed E-state index contributed by atoms with van der Waals surface area (Å²) in [5.41, 5.74) is 1.93. The van der Waals surface area contributed by atoms with Crippen LogP contribution in [0.1, 0.15) is 50.0 Å². The standard InChI is InChI=1S/C21H25N3O2/c1-13-3-2-4-17(5-13)19-24-23-18(26-19)12-22-20(25)21-9-14-6-15(10-21)8-16(7-14)11-21/h2-5,14-16H,6-12H2,1H3,(H,22,25). The van der Waals surface area contributed by atoms with Gasteiger partial charge in [-0.25, -0.2) is 0 Å². The first-order valence-electron chi connectivity index (χ1n) is 9.77. The molecule has 2 aromatic rings. The van der Waals surface area contributed by atoms with E-state index in [0.29, 0.717) is 18.3 Å². The Hall–Kier alpha value is -2.17. The molecule has 1 aromatic heterocycles. The van der Waals surface area contributed by atoms with Crippen LogP contribution in [0.5, 0.6) is 0 Å². The fourth-order valence-electron chi connectivity index (χ4n) is 5.95. The molecular formula is C21H25N3O2. The van der Waals surface area contributed by atoms with Crippen LogP contribution in [0.15, 0.2) is 28.7 Å². The van der Waals surface area contributed by atoms with Gasteiger partial charge in [-0.15, -0.1) is 10.2 Å². The van der Waals surface area contributed by atoms with E-state index in [1.54, 1.807) is 0 Å². The Morgan fingerprint density at radius 3 is 2.50 bits per heavy atom. The molecule has 0 unspecified atom stereocenters. The minimum Gasteiger partial charge on any atom is -0.419 e. The SMILES string of the molecule is Cc1cccc(-c2nnc(CNC(=O)C34CC5CC(CC(C5)C3)C4)o2)c1. The van der Waals surface area contributed by atoms with Crippen LogP contribution in [-0.2, 0) is 11.3 Å². The normalized spacial score (nSPS) is 32.0. The Morgan fingerprint density at radius 1 is 1.15 bits per heavy atom. The maximum atomic E-state index is 13.0. The molecule has 1 heterocycles. The van der Waals surface area contributed by atoms with Gasteiger partial charge in [-0.05, 0) is 75.3 Å². The number of hydrogen-bond donors (Lipinski definition) is 1. The average Bonchev–Trinajstić information content (AvgIpc) is 3.07. The number of rotatable bonds is 4. The summed E-state index contributed by atoms with van der Waals surface area (Å²) in [5, 5.41) is 11.3. The summed E-state index contributed by atoms with van der Waals surface area (Å²) in [7, 11) is 0. The Kier molecular flexibility index (Phi) is 3.66. The first-order valence-corrected chi connectivity index (χ1v) is 9.77. The van der Waals surface area contributed by atoms with E-state index in [9.17, 15) is 4.79 Å². The van der Waals surface area contributed by atoms with Crippen molar-refractivity contribution in [1.29, 1.82) is 0 Å². The van der Waals surface area contributed by atoms with Gasteiger partial charge in [-0.2, -0.15) is 0 Å². The number of aryl methyl sites for hydroxylation is 1. The number of aromatic nitrogens is 2. The zero-order valence-corrected chi connectivity index (χ0v) is 15.2. The van der Waals surface area contributed by atoms with Gasteiger partial charge in [0.05, 0.1) is 6.54 Å². The monoisotopic (exact) mass is 351 g/mol. The Labute approximate surface area is 153 Å². The second kappa shape index (κ2) is 5.93. The van der Waals surface area contributed by atoms with Crippen molar-refractivity contribution >= 4 is 5.91 Å². The first-order chi connectivity index (χ1) is 12.6. The predicted molar refractivity (Wildman–Crippen MR) is 96.9 cm³/mol. The molecule has 0 atom stereocenters. The third kappa shape index (κ3) is 2.74. The van der Waals surface area contributed by atoms with Crippen molar-refractivity contribution in [2.75, 3.05) is 0 Å². The van der Waals surface area contributed by atoms with Crippen molar-refractivity contribution in [3.8, 4) is 11.5 Å². The number of amides is 1. The highest BCUT2D eigenvalue weighted by molar-refractivity contribution is 5.83. The van der Waals surface area contributed by atoms with Crippen LogP contribution in [-0.4, -0.2) is 16.1 Å². The highest BCUT2D eigenvalue weighted by Gasteiger charge is 2.54. The summed E-state index contributed by atoms with van der Waals surface area (Å²) < 4.78 is 5.76. The van der Waals surface area contributed by atoms with E-state index in [2.05, 4.69) is 15.5 Å². The molecule has 0 saturated heterocycles. The van der Waals surface area contributed by atoms with Gasteiger partial charge in [0.25, 0.3) is 0 Å². The smallest absolute Gasteiger partial charge is 0.247 e. The topological polar surface area (TPSA) is 68.0 Å². The molecular weight excluding hydrogens is 326 g/mol. The zero-order chi connectivity index (χ0) is 17.7. The molecule has 0 aliphatic heterocycles. The zero-order valence-electron chi connectivity index (χ0n) is 15.2. The lowest BCUT2D eigenvalue weighted by molar-refractivity contribution is -0.146. The van der Waals surface area contributed by atoms with Gasteiger partial charge in [-0.3, -0.25) is 4.79 Å². The van der Waals surface area contributed by atoms with Gasteiger partial charge in [0.1, 0.15) is 0 Å². The van der Waals surface area contributed by atoms with E-state index in [0.717, 1.165) is 48.1 Å². The van der Waals surface area contributed by atoms with Crippen molar-refractivity contribution < 1.29 is 9.21 Å². The number of carbonyl (C=O) groups is 1. The van der Waals surface area contributed by atoms with Gasteiger partial charge >= 0.3 is 0 Å². The molecule has 1 amide bonds. The van der Waals surface area contributed by atoms with Gasteiger partial charge in [-0.1, -0.05) is 17.7 Å². The fourth-order valence-corrected chi connectivity index (χ4v) is 5.95. The van der Waals surface area contributed by atoms with Crippen molar-refractivity contribution in [2.24, 2.45) is 23.2 Å². The van der Waals surface area contributed by atoms with Crippen LogP contribution in [0.2, 0.25) is 0 Å². The van der Waals surface area contributed by atoms with Crippen LogP contribution in [0.3, 0.4) is 0 Å². The van der Waals surface area contributed by atoms with Crippen molar-refractivity contribution in [3.05, 3.63) is 35.7 Å². The van der Waals surface area contributed by atoms with Crippen LogP contribution >= 0.6 is 0 Å². The molecule has 4 fully saturated rings. The predicted octanol–water partition coefficient (Wildman–Crippen LogP) is 3.88. The molecule has 1 N–H and O–H groups in total. The fraction of sp³-hybridized carbons (Fsp3) is 0.571. The second-order valence-electron chi connectivity index (χ2n) is 8.75. The number of nitrogens with one attached hydrogen (secondary N) is 1. The van der Waals surface area contributed by atoms with Crippen molar-refractivity contribution in [1.82, 2.24) is 15.5 Å². The Balaban J connectivity index is 1.26. The van der Waals surface area contributed by atoms with Crippen LogP contribution in [0.4, 0.5) is 0 Å². The maximum absolute atomic E-state index is 13.0. The van der Waals surface area contributed by atoms with Gasteiger partial charge in [0, 0.05) is 11.0 Å². The second-order valence-corrected chi connectivity index (χ2v) is 8.75. The minimum atomic E-state index is -0.131. The summed E-state index contributed by atoms with van der Waals surface area (Å²) >= 11 is 0. The number of carbonyl (C=O) groups excluding carboxylic acids is 1. The van der Waals surface area contributed by atoms with E-state index in [4.69, 9.17) is 4.42 Å². The highest BCUT2D eigenvalue weighted by Crippen LogP contribution is 2.60. The van der Waals surface area contributed by atoms with E-state index >= 15 is 0 Å². The first kappa shape index (κ1) is 16.0. The summed E-state index contributed by atoms with van der Waals surface area (Å²) in [6, 6.07) is 7.99. The number of hydrogen-bond acceptors (Lipinski definition) is 4. The van der Waals surface area contributed by atoms with E-state index in [-0.39, 0.29) is 11.3 Å². The minimum absolute atomic E-state index is 0.131. The summed E-state index contributed by atoms with van der Waals surface area (Å²) in [4.78, 5) is 13.0. The van der Waals surface area contributed by atoms with Gasteiger partial charge in [0.15, 0.2) is 0 Å². The Morgan fingerprint density at radius 2 is 1.85 bits per heavy atom. The van der Waals surface area contributed by atoms with Crippen LogP contribution in [0.25, 0.3) is 11.5 Å². The van der Waals surface area contributed by atoms with Gasteiger partial charge in [0.2, 0.25) is 17.7 Å². The maximum Gasteiger partial charge on any atom is 0.247 e. The third-order valence-electron chi connectivity index (χ3n) is 6.65. The molecule has 0 radical (unpaired) electrons. The summed E-state index contributed by atoms with van der Waals surface area (Å²) in [6.07, 6.45) is 7.25. The third-order valence-corrected chi connectivity index (χ3v) is 6.65. The molecule has 4 aliphatic rings. The van der Waals surface area contributed by atoms with Gasteiger partial charge < -0.3 is 9.73 Å². The lowest BCUT2D eigenvalue weighted by Crippen LogP contribution is -2.53. The van der Waals surface area contributed by atoms with Crippen molar-refractivity contribution in [2.45, 2.75) is 52.0 Å². The molecule has 0 spiro atoms. The van der Waals surface area contributed by atoms with E-state index < -0.39 is 0 Å². The van der Waals surface area contributed by atoms with Crippen LogP contribution in [0, 0.1) is 30.1 Å². The van der Waals surface area contributed by atoms with E-state index in [1.807, 2.05) is 31.2 Å². The lowest BCUT2D eigenvalue weighted by Gasteiger charge is -2.55. The molecule has 26 heavy (non-hydrogen) atoms. The molecule has 136 valence electrons. The number of benzene rings is 1. The molecule has 4 aliphatic carbocycles. The van der Waals surface area contributed by atoms with E-state index in [1.165, 1.54) is 19.3 Å². The summed E-state index contributed by atoms with van der Waals surface area (Å²) in [6.45, 7) is 2.35. The molecule has 4 saturated carbocycles. The molecule has 1 aromatic carbocycles. The Bertz CT molecular complexity index is 806. The van der Waals surface area contributed by atoms with Crippen molar-refractivity contribution in [3.63, 3.8) is 0 Å². The summed E-state index contributed by atoms with van der Waals surface area (Å²) in [5.74, 6) is 3.48. The molecule has 4 bridgehead atoms. The molecule has 6 rings (SSSR count). The lowest BCUT2D eigenvalue weighted by atomic mass is 9.49. The van der Waals surface area contributed by atoms with Crippen LogP contribution < -0.4 is 5.32 Å². The quantitative estimate of drug-likeness (QED) is 0.908. The average molecular weight is 351 g/mol. The molecule has 5 heteroatoms. The largest absolute Gasteiger partial charge is 0.419 e.